The van der Waals surface area contributed by atoms with Crippen LogP contribution in [0.15, 0.2) is 102 Å². The molecule has 0 radical (unpaired) electrons. The summed E-state index contributed by atoms with van der Waals surface area (Å²) in [6.45, 7) is 0. The molecule has 2 amide bonds. The van der Waals surface area contributed by atoms with Crippen LogP contribution < -0.4 is 20.1 Å². The highest BCUT2D eigenvalue weighted by atomic mass is 32.1. The lowest BCUT2D eigenvalue weighted by molar-refractivity contribution is 0.101. The van der Waals surface area contributed by atoms with Gasteiger partial charge in [-0.05, 0) is 57.9 Å². The molecule has 0 aliphatic heterocycles. The van der Waals surface area contributed by atoms with E-state index in [1.165, 1.54) is 11.3 Å². The van der Waals surface area contributed by atoms with Crippen LogP contribution in [0.4, 0.5) is 10.8 Å². The molecule has 0 saturated heterocycles. The van der Waals surface area contributed by atoms with E-state index >= 15 is 0 Å². The average Bonchev–Trinajstić information content (AvgIpc) is 3.48. The van der Waals surface area contributed by atoms with Crippen LogP contribution in [0.3, 0.4) is 0 Å². The number of hydrogen-bond acceptors (Lipinski definition) is 6. The molecular formula is C33H25N3O4S. The fourth-order valence-electron chi connectivity index (χ4n) is 4.71. The number of nitrogens with zero attached hydrogens (tertiary/aromatic N) is 1. The quantitative estimate of drug-likeness (QED) is 0.210. The number of carbonyl (C=O) groups is 2. The second-order valence-corrected chi connectivity index (χ2v) is 10.2. The highest BCUT2D eigenvalue weighted by Gasteiger charge is 2.17. The Morgan fingerprint density at radius 1 is 0.659 bits per heavy atom. The number of thiazole rings is 1. The Bertz CT molecular complexity index is 1930. The molecular weight excluding hydrogens is 534 g/mol. The number of carbonyl (C=O) groups excluding carboxylic acids is 2. The van der Waals surface area contributed by atoms with Crippen LogP contribution in [0.2, 0.25) is 0 Å². The summed E-state index contributed by atoms with van der Waals surface area (Å²) in [5, 5.41) is 12.0. The van der Waals surface area contributed by atoms with Gasteiger partial charge >= 0.3 is 0 Å². The molecule has 1 aromatic heterocycles. The number of aromatic nitrogens is 1. The highest BCUT2D eigenvalue weighted by Crippen LogP contribution is 2.31. The fourth-order valence-corrected chi connectivity index (χ4v) is 5.43. The van der Waals surface area contributed by atoms with Gasteiger partial charge in [-0.3, -0.25) is 14.9 Å². The molecule has 0 bridgehead atoms. The van der Waals surface area contributed by atoms with Gasteiger partial charge in [0.25, 0.3) is 11.8 Å². The first-order valence-electron chi connectivity index (χ1n) is 12.8. The Kier molecular flexibility index (Phi) is 7.06. The van der Waals surface area contributed by atoms with Crippen molar-refractivity contribution in [3.63, 3.8) is 0 Å². The van der Waals surface area contributed by atoms with E-state index in [4.69, 9.17) is 9.47 Å². The molecule has 7 nitrogen and oxygen atoms in total. The van der Waals surface area contributed by atoms with Gasteiger partial charge in [0.2, 0.25) is 0 Å². The van der Waals surface area contributed by atoms with E-state index in [0.29, 0.717) is 39.1 Å². The van der Waals surface area contributed by atoms with E-state index < -0.39 is 0 Å². The van der Waals surface area contributed by atoms with Crippen LogP contribution in [0.25, 0.3) is 32.8 Å². The molecule has 0 aliphatic carbocycles. The highest BCUT2D eigenvalue weighted by molar-refractivity contribution is 7.14. The van der Waals surface area contributed by atoms with Crippen molar-refractivity contribution in [3.05, 3.63) is 114 Å². The molecule has 0 saturated carbocycles. The minimum Gasteiger partial charge on any atom is -0.496 e. The minimum atomic E-state index is -0.307. The molecule has 0 aliphatic rings. The molecule has 8 heteroatoms. The summed E-state index contributed by atoms with van der Waals surface area (Å²) < 4.78 is 11.0. The lowest BCUT2D eigenvalue weighted by Gasteiger charge is -2.12. The molecule has 2 N–H and O–H groups in total. The number of hydrogen-bond donors (Lipinski definition) is 2. The summed E-state index contributed by atoms with van der Waals surface area (Å²) in [6, 6.07) is 30.4. The molecule has 1 heterocycles. The number of ether oxygens (including phenoxy) is 2. The topological polar surface area (TPSA) is 89.6 Å². The molecule has 6 aromatic rings. The molecule has 6 rings (SSSR count). The number of benzene rings is 5. The van der Waals surface area contributed by atoms with Crippen molar-refractivity contribution in [1.82, 2.24) is 4.98 Å². The number of methoxy groups -OCH3 is 2. The summed E-state index contributed by atoms with van der Waals surface area (Å²) >= 11 is 1.32. The molecule has 202 valence electrons. The maximum atomic E-state index is 13.2. The van der Waals surface area contributed by atoms with E-state index in [1.54, 1.807) is 14.2 Å². The summed E-state index contributed by atoms with van der Waals surface area (Å²) in [7, 11) is 3.10. The van der Waals surface area contributed by atoms with E-state index in [0.717, 1.165) is 27.1 Å². The zero-order chi connectivity index (χ0) is 28.3. The summed E-state index contributed by atoms with van der Waals surface area (Å²) in [4.78, 5) is 31.0. The van der Waals surface area contributed by atoms with Crippen molar-refractivity contribution < 1.29 is 19.1 Å². The second kappa shape index (κ2) is 11.1. The molecule has 5 aromatic carbocycles. The van der Waals surface area contributed by atoms with Crippen molar-refractivity contribution in [2.75, 3.05) is 24.9 Å². The van der Waals surface area contributed by atoms with Crippen molar-refractivity contribution in [3.8, 4) is 22.8 Å². The Labute approximate surface area is 240 Å². The van der Waals surface area contributed by atoms with Crippen LogP contribution in [0.5, 0.6) is 11.5 Å². The zero-order valence-corrected chi connectivity index (χ0v) is 23.1. The monoisotopic (exact) mass is 559 g/mol. The SMILES string of the molecule is COc1cc2ccccc2cc1C(=O)Nc1cccc(-c2csc(NC(=O)c3cc4ccccc4cc3OC)n2)c1. The van der Waals surface area contributed by atoms with Crippen LogP contribution in [-0.4, -0.2) is 31.0 Å². The number of nitrogens with one attached hydrogen (secondary N) is 2. The van der Waals surface area contributed by atoms with E-state index in [2.05, 4.69) is 15.6 Å². The fraction of sp³-hybridized carbons (Fsp3) is 0.0606. The van der Waals surface area contributed by atoms with Crippen molar-refractivity contribution in [2.45, 2.75) is 0 Å². The van der Waals surface area contributed by atoms with Gasteiger partial charge in [0.05, 0.1) is 31.0 Å². The first-order valence-corrected chi connectivity index (χ1v) is 13.7. The van der Waals surface area contributed by atoms with Crippen molar-refractivity contribution >= 4 is 55.5 Å². The Hall–Kier alpha value is -5.21. The lowest BCUT2D eigenvalue weighted by Crippen LogP contribution is -2.13. The van der Waals surface area contributed by atoms with Gasteiger partial charge in [0.15, 0.2) is 5.13 Å². The van der Waals surface area contributed by atoms with Crippen LogP contribution in [0, 0.1) is 0 Å². The predicted octanol–water partition coefficient (Wildman–Crippen LogP) is 7.64. The third-order valence-electron chi connectivity index (χ3n) is 6.77. The van der Waals surface area contributed by atoms with Gasteiger partial charge in [-0.2, -0.15) is 0 Å². The number of anilines is 2. The molecule has 0 fully saturated rings. The van der Waals surface area contributed by atoms with Crippen LogP contribution in [0.1, 0.15) is 20.7 Å². The minimum absolute atomic E-state index is 0.277. The van der Waals surface area contributed by atoms with E-state index in [-0.39, 0.29) is 11.8 Å². The maximum Gasteiger partial charge on any atom is 0.261 e. The van der Waals surface area contributed by atoms with Crippen LogP contribution >= 0.6 is 11.3 Å². The molecule has 0 spiro atoms. The normalized spacial score (nSPS) is 10.9. The van der Waals surface area contributed by atoms with Crippen molar-refractivity contribution in [2.24, 2.45) is 0 Å². The summed E-state index contributed by atoms with van der Waals surface area (Å²) in [5.41, 5.74) is 2.96. The van der Waals surface area contributed by atoms with Gasteiger partial charge in [0, 0.05) is 16.6 Å². The first kappa shape index (κ1) is 26.0. The molecule has 0 unspecified atom stereocenters. The van der Waals surface area contributed by atoms with Gasteiger partial charge in [-0.25, -0.2) is 4.98 Å². The Morgan fingerprint density at radius 2 is 1.20 bits per heavy atom. The second-order valence-electron chi connectivity index (χ2n) is 9.33. The van der Waals surface area contributed by atoms with Gasteiger partial charge in [-0.15, -0.1) is 11.3 Å². The van der Waals surface area contributed by atoms with Gasteiger partial charge < -0.3 is 14.8 Å². The smallest absolute Gasteiger partial charge is 0.261 e. The zero-order valence-electron chi connectivity index (χ0n) is 22.3. The number of rotatable bonds is 7. The molecule has 41 heavy (non-hydrogen) atoms. The number of amides is 2. The van der Waals surface area contributed by atoms with Gasteiger partial charge in [-0.1, -0.05) is 60.7 Å². The van der Waals surface area contributed by atoms with Gasteiger partial charge in [0.1, 0.15) is 11.5 Å². The predicted molar refractivity (Wildman–Crippen MR) is 164 cm³/mol. The maximum absolute atomic E-state index is 13.2. The lowest BCUT2D eigenvalue weighted by atomic mass is 10.0. The third kappa shape index (κ3) is 5.33. The standard InChI is InChI=1S/C33H25N3O4S/c1-39-29-17-22-10-5-3-8-20(22)15-26(29)31(37)34-25-13-7-12-24(14-25)28-19-41-33(35-28)36-32(38)27-16-21-9-4-6-11-23(21)18-30(27)40-2/h3-19H,1-2H3,(H,34,37)(H,35,36,38). The Morgan fingerprint density at radius 3 is 1.76 bits per heavy atom. The number of fused-ring (bicyclic) bond motifs is 2. The average molecular weight is 560 g/mol. The summed E-state index contributed by atoms with van der Waals surface area (Å²) in [6.07, 6.45) is 0. The Balaban J connectivity index is 1.21. The van der Waals surface area contributed by atoms with E-state index in [1.807, 2.05) is 102 Å². The van der Waals surface area contributed by atoms with Crippen molar-refractivity contribution in [1.29, 1.82) is 0 Å². The molecule has 0 atom stereocenters. The largest absolute Gasteiger partial charge is 0.496 e. The summed E-state index contributed by atoms with van der Waals surface area (Å²) in [5.74, 6) is 0.406. The first-order chi connectivity index (χ1) is 20.0. The van der Waals surface area contributed by atoms with Crippen LogP contribution in [-0.2, 0) is 0 Å². The van der Waals surface area contributed by atoms with E-state index in [9.17, 15) is 9.59 Å². The third-order valence-corrected chi connectivity index (χ3v) is 7.52.